The summed E-state index contributed by atoms with van der Waals surface area (Å²) >= 11 is 0. The highest BCUT2D eigenvalue weighted by Gasteiger charge is 2.26. The maximum absolute atomic E-state index is 11.8. The molecule has 6 nitrogen and oxygen atoms in total. The number of ketones is 1. The molecule has 0 saturated heterocycles. The molecule has 0 aromatic heterocycles. The van der Waals surface area contributed by atoms with Crippen LogP contribution in [0.1, 0.15) is 67.4 Å². The van der Waals surface area contributed by atoms with Gasteiger partial charge >= 0.3 is 5.97 Å². The van der Waals surface area contributed by atoms with E-state index >= 15 is 0 Å². The summed E-state index contributed by atoms with van der Waals surface area (Å²) in [5, 5.41) is 19.4. The van der Waals surface area contributed by atoms with Crippen LogP contribution in [-0.2, 0) is 17.6 Å². The van der Waals surface area contributed by atoms with Gasteiger partial charge in [-0.05, 0) is 62.4 Å². The fraction of sp³-hybridized carbons (Fsp3) is 0.440. The van der Waals surface area contributed by atoms with E-state index in [4.69, 9.17) is 14.6 Å². The van der Waals surface area contributed by atoms with Crippen LogP contribution in [0.15, 0.2) is 36.4 Å². The first-order valence-electron chi connectivity index (χ1n) is 10.9. The standard InChI is InChI=1S/C25H30O6/c1-3-5-22-23(13-12-21(16(2)26)25(22)29)31-20-7-4-6-19(15-20)30-18-10-8-17(9-11-18)14-24(27)28/h8-13,19-20,29H,3-7,14-15H2,1-2H3,(H,27,28). The molecule has 31 heavy (non-hydrogen) atoms. The maximum atomic E-state index is 11.8. The molecule has 0 amide bonds. The van der Waals surface area contributed by atoms with E-state index in [1.54, 1.807) is 36.4 Å². The summed E-state index contributed by atoms with van der Waals surface area (Å²) in [7, 11) is 0. The van der Waals surface area contributed by atoms with Crippen LogP contribution >= 0.6 is 0 Å². The van der Waals surface area contributed by atoms with E-state index in [1.807, 2.05) is 6.92 Å². The second-order valence-corrected chi connectivity index (χ2v) is 8.11. The number of Topliss-reactive ketones (excluding diaryl/α,β-unsaturated/α-hetero) is 1. The molecule has 6 heteroatoms. The number of phenolic OH excluding ortho intramolecular Hbond substituents is 1. The Morgan fingerprint density at radius 1 is 1.03 bits per heavy atom. The van der Waals surface area contributed by atoms with E-state index in [0.717, 1.165) is 43.4 Å². The Hall–Kier alpha value is -3.02. The lowest BCUT2D eigenvalue weighted by atomic mass is 9.94. The van der Waals surface area contributed by atoms with Crippen LogP contribution in [0, 0.1) is 0 Å². The van der Waals surface area contributed by atoms with Gasteiger partial charge in [-0.2, -0.15) is 0 Å². The minimum atomic E-state index is -0.856. The van der Waals surface area contributed by atoms with Gasteiger partial charge in [-0.25, -0.2) is 0 Å². The number of aromatic hydroxyl groups is 1. The Morgan fingerprint density at radius 2 is 1.71 bits per heavy atom. The largest absolute Gasteiger partial charge is 0.507 e. The molecule has 2 atom stereocenters. The molecule has 0 spiro atoms. The fourth-order valence-corrected chi connectivity index (χ4v) is 4.05. The quantitative estimate of drug-likeness (QED) is 0.552. The second-order valence-electron chi connectivity index (χ2n) is 8.11. The molecule has 0 radical (unpaired) electrons. The van der Waals surface area contributed by atoms with Crippen LogP contribution in [0.4, 0.5) is 0 Å². The van der Waals surface area contributed by atoms with Gasteiger partial charge in [-0.3, -0.25) is 9.59 Å². The summed E-state index contributed by atoms with van der Waals surface area (Å²) in [6.07, 6.45) is 4.94. The van der Waals surface area contributed by atoms with Crippen LogP contribution < -0.4 is 9.47 Å². The van der Waals surface area contributed by atoms with Gasteiger partial charge in [0.05, 0.1) is 12.0 Å². The van der Waals surface area contributed by atoms with E-state index < -0.39 is 5.97 Å². The average molecular weight is 427 g/mol. The zero-order chi connectivity index (χ0) is 22.4. The predicted molar refractivity (Wildman–Crippen MR) is 117 cm³/mol. The van der Waals surface area contributed by atoms with Gasteiger partial charge in [0.1, 0.15) is 29.5 Å². The Bertz CT molecular complexity index is 918. The summed E-state index contributed by atoms with van der Waals surface area (Å²) in [5.74, 6) is 0.354. The highest BCUT2D eigenvalue weighted by molar-refractivity contribution is 5.97. The number of carbonyl (C=O) groups is 2. The first-order valence-corrected chi connectivity index (χ1v) is 10.9. The van der Waals surface area contributed by atoms with Gasteiger partial charge < -0.3 is 19.7 Å². The second kappa shape index (κ2) is 10.3. The van der Waals surface area contributed by atoms with E-state index in [1.165, 1.54) is 6.92 Å². The van der Waals surface area contributed by atoms with Crippen LogP contribution in [0.5, 0.6) is 17.2 Å². The molecular weight excluding hydrogens is 396 g/mol. The van der Waals surface area contributed by atoms with Crippen molar-refractivity contribution in [3.63, 3.8) is 0 Å². The van der Waals surface area contributed by atoms with Crippen molar-refractivity contribution in [1.82, 2.24) is 0 Å². The number of aliphatic carboxylic acids is 1. The van der Waals surface area contributed by atoms with E-state index in [0.29, 0.717) is 23.3 Å². The molecular formula is C25H30O6. The minimum Gasteiger partial charge on any atom is -0.507 e. The number of hydrogen-bond donors (Lipinski definition) is 2. The molecule has 2 N–H and O–H groups in total. The Morgan fingerprint density at radius 3 is 2.32 bits per heavy atom. The molecule has 0 bridgehead atoms. The molecule has 0 aliphatic heterocycles. The van der Waals surface area contributed by atoms with E-state index in [9.17, 15) is 14.7 Å². The Labute approximate surface area is 182 Å². The molecule has 1 aliphatic carbocycles. The number of rotatable bonds is 9. The molecule has 1 saturated carbocycles. The number of hydrogen-bond acceptors (Lipinski definition) is 5. The van der Waals surface area contributed by atoms with E-state index in [-0.39, 0.29) is 30.2 Å². The van der Waals surface area contributed by atoms with Gasteiger partial charge in [-0.15, -0.1) is 0 Å². The molecule has 0 heterocycles. The van der Waals surface area contributed by atoms with Crippen LogP contribution in [-0.4, -0.2) is 34.2 Å². The van der Waals surface area contributed by atoms with Crippen molar-refractivity contribution in [1.29, 1.82) is 0 Å². The number of ether oxygens (including phenoxy) is 2. The van der Waals surface area contributed by atoms with Gasteiger partial charge in [0.2, 0.25) is 0 Å². The molecule has 1 fully saturated rings. The summed E-state index contributed by atoms with van der Waals surface area (Å²) in [6.45, 7) is 3.47. The number of carboxylic acid groups (broad SMARTS) is 1. The monoisotopic (exact) mass is 426 g/mol. The average Bonchev–Trinajstić information content (AvgIpc) is 2.72. The zero-order valence-electron chi connectivity index (χ0n) is 18.1. The molecule has 2 aromatic carbocycles. The van der Waals surface area contributed by atoms with E-state index in [2.05, 4.69) is 0 Å². The van der Waals surface area contributed by atoms with Crippen molar-refractivity contribution in [2.75, 3.05) is 0 Å². The van der Waals surface area contributed by atoms with Crippen molar-refractivity contribution >= 4 is 11.8 Å². The summed E-state index contributed by atoms with van der Waals surface area (Å²) in [5.41, 5.74) is 1.75. The third-order valence-corrected chi connectivity index (χ3v) is 5.57. The lowest BCUT2D eigenvalue weighted by Gasteiger charge is -2.31. The van der Waals surface area contributed by atoms with Gasteiger partial charge in [-0.1, -0.05) is 25.5 Å². The molecule has 166 valence electrons. The van der Waals surface area contributed by atoms with Crippen molar-refractivity contribution < 1.29 is 29.3 Å². The predicted octanol–water partition coefficient (Wildman–Crippen LogP) is 4.94. The first kappa shape index (κ1) is 22.7. The van der Waals surface area contributed by atoms with Gasteiger partial charge in [0.15, 0.2) is 5.78 Å². The lowest BCUT2D eigenvalue weighted by Crippen LogP contribution is -2.32. The van der Waals surface area contributed by atoms with Crippen molar-refractivity contribution in [3.8, 4) is 17.2 Å². The van der Waals surface area contributed by atoms with Crippen LogP contribution in [0.25, 0.3) is 0 Å². The zero-order valence-corrected chi connectivity index (χ0v) is 18.1. The number of benzene rings is 2. The fourth-order valence-electron chi connectivity index (χ4n) is 4.05. The SMILES string of the molecule is CCCc1c(OC2CCCC(Oc3ccc(CC(=O)O)cc3)C2)ccc(C(C)=O)c1O. The van der Waals surface area contributed by atoms with Crippen molar-refractivity contribution in [2.45, 2.75) is 71.0 Å². The minimum absolute atomic E-state index is 0.00351. The van der Waals surface area contributed by atoms with Crippen LogP contribution in [0.3, 0.4) is 0 Å². The molecule has 2 aromatic rings. The highest BCUT2D eigenvalue weighted by atomic mass is 16.5. The Balaban J connectivity index is 1.66. The number of carboxylic acids is 1. The molecule has 3 rings (SSSR count). The highest BCUT2D eigenvalue weighted by Crippen LogP contribution is 2.35. The van der Waals surface area contributed by atoms with Gasteiger partial charge in [0, 0.05) is 12.0 Å². The summed E-state index contributed by atoms with van der Waals surface area (Å²) in [6, 6.07) is 10.6. The van der Waals surface area contributed by atoms with Crippen LogP contribution in [0.2, 0.25) is 0 Å². The smallest absolute Gasteiger partial charge is 0.307 e. The first-order chi connectivity index (χ1) is 14.9. The number of phenols is 1. The Kier molecular flexibility index (Phi) is 7.55. The molecule has 2 unspecified atom stereocenters. The summed E-state index contributed by atoms with van der Waals surface area (Å²) in [4.78, 5) is 22.6. The van der Waals surface area contributed by atoms with Crippen molar-refractivity contribution in [2.24, 2.45) is 0 Å². The molecule has 1 aliphatic rings. The lowest BCUT2D eigenvalue weighted by molar-refractivity contribution is -0.136. The summed E-state index contributed by atoms with van der Waals surface area (Å²) < 4.78 is 12.4. The van der Waals surface area contributed by atoms with Crippen molar-refractivity contribution in [3.05, 3.63) is 53.1 Å². The number of carbonyl (C=O) groups excluding carboxylic acids is 1. The maximum Gasteiger partial charge on any atom is 0.307 e. The topological polar surface area (TPSA) is 93.1 Å². The van der Waals surface area contributed by atoms with Gasteiger partial charge in [0.25, 0.3) is 0 Å². The third-order valence-electron chi connectivity index (χ3n) is 5.57. The normalized spacial score (nSPS) is 18.4. The third kappa shape index (κ3) is 6.00.